The third-order valence-electron chi connectivity index (χ3n) is 3.98. The van der Waals surface area contributed by atoms with Crippen LogP contribution >= 0.6 is 11.6 Å². The summed E-state index contributed by atoms with van der Waals surface area (Å²) in [5.74, 6) is 0.844. The minimum atomic E-state index is -0.140. The van der Waals surface area contributed by atoms with Crippen molar-refractivity contribution in [3.05, 3.63) is 89.2 Å². The number of imidazole rings is 1. The van der Waals surface area contributed by atoms with Gasteiger partial charge in [-0.25, -0.2) is 4.98 Å². The van der Waals surface area contributed by atoms with Gasteiger partial charge in [0.2, 0.25) is 0 Å². The normalized spacial score (nSPS) is 12.6. The summed E-state index contributed by atoms with van der Waals surface area (Å²) in [6.45, 7) is 2.08. The van der Waals surface area contributed by atoms with Crippen molar-refractivity contribution in [3.63, 3.8) is 0 Å². The Morgan fingerprint density at radius 3 is 2.78 bits per heavy atom. The van der Waals surface area contributed by atoms with E-state index in [1.54, 1.807) is 12.5 Å². The molecule has 2 heterocycles. The van der Waals surface area contributed by atoms with Crippen molar-refractivity contribution >= 4 is 22.6 Å². The Kier molecular flexibility index (Phi) is 3.43. The van der Waals surface area contributed by atoms with Gasteiger partial charge in [-0.3, -0.25) is 0 Å². The van der Waals surface area contributed by atoms with E-state index in [1.807, 2.05) is 41.1 Å². The lowest BCUT2D eigenvalue weighted by atomic mass is 10.0. The number of furan rings is 1. The molecule has 0 aliphatic heterocycles. The molecule has 0 bridgehead atoms. The first-order valence-electron chi connectivity index (χ1n) is 7.44. The molecule has 0 N–H and O–H groups in total. The molecule has 0 radical (unpaired) electrons. The Morgan fingerprint density at radius 1 is 1.13 bits per heavy atom. The van der Waals surface area contributed by atoms with Gasteiger partial charge in [-0.15, -0.1) is 0 Å². The number of hydrogen-bond donors (Lipinski definition) is 0. The van der Waals surface area contributed by atoms with Gasteiger partial charge in [0.1, 0.15) is 17.4 Å². The summed E-state index contributed by atoms with van der Waals surface area (Å²) in [5.41, 5.74) is 3.08. The van der Waals surface area contributed by atoms with E-state index in [9.17, 15) is 0 Å². The van der Waals surface area contributed by atoms with Crippen LogP contribution in [0.5, 0.6) is 0 Å². The molecule has 0 aliphatic carbocycles. The van der Waals surface area contributed by atoms with E-state index in [4.69, 9.17) is 16.0 Å². The van der Waals surface area contributed by atoms with Crippen LogP contribution in [0.3, 0.4) is 0 Å². The van der Waals surface area contributed by atoms with Crippen LogP contribution in [-0.4, -0.2) is 9.55 Å². The minimum Gasteiger partial charge on any atom is -0.458 e. The molecule has 0 saturated heterocycles. The Hall–Kier alpha value is -2.52. The van der Waals surface area contributed by atoms with Crippen LogP contribution in [-0.2, 0) is 0 Å². The number of aryl methyl sites for hydroxylation is 1. The highest BCUT2D eigenvalue weighted by atomic mass is 35.5. The number of aromatic nitrogens is 2. The maximum Gasteiger partial charge on any atom is 0.134 e. The number of halogens is 1. The Bertz CT molecular complexity index is 957. The highest BCUT2D eigenvalue weighted by molar-refractivity contribution is 6.31. The predicted molar refractivity (Wildman–Crippen MR) is 91.9 cm³/mol. The topological polar surface area (TPSA) is 31.0 Å². The molecule has 3 nitrogen and oxygen atoms in total. The van der Waals surface area contributed by atoms with E-state index in [0.29, 0.717) is 5.02 Å². The van der Waals surface area contributed by atoms with Gasteiger partial charge < -0.3 is 8.98 Å². The van der Waals surface area contributed by atoms with Crippen molar-refractivity contribution < 1.29 is 4.42 Å². The molecule has 2 aromatic heterocycles. The molecular formula is C19H15ClN2O. The Morgan fingerprint density at radius 2 is 2.00 bits per heavy atom. The average Bonchev–Trinajstić information content (AvgIpc) is 3.19. The van der Waals surface area contributed by atoms with Gasteiger partial charge >= 0.3 is 0 Å². The monoisotopic (exact) mass is 322 g/mol. The maximum atomic E-state index is 6.43. The largest absolute Gasteiger partial charge is 0.458 e. The summed E-state index contributed by atoms with van der Waals surface area (Å²) in [5, 5.41) is 1.81. The maximum absolute atomic E-state index is 6.43. The first kappa shape index (κ1) is 14.1. The summed E-state index contributed by atoms with van der Waals surface area (Å²) < 4.78 is 8.12. The third-order valence-corrected chi connectivity index (χ3v) is 4.33. The van der Waals surface area contributed by atoms with Crippen LogP contribution in [0, 0.1) is 6.92 Å². The third kappa shape index (κ3) is 2.53. The van der Waals surface area contributed by atoms with Crippen LogP contribution in [0.15, 0.2) is 71.7 Å². The molecule has 1 unspecified atom stereocenters. The average molecular weight is 323 g/mol. The van der Waals surface area contributed by atoms with Crippen LogP contribution in [0.1, 0.15) is 22.9 Å². The number of hydrogen-bond acceptors (Lipinski definition) is 2. The van der Waals surface area contributed by atoms with E-state index < -0.39 is 0 Å². The van der Waals surface area contributed by atoms with Crippen molar-refractivity contribution in [2.75, 3.05) is 0 Å². The second kappa shape index (κ2) is 5.60. The fourth-order valence-electron chi connectivity index (χ4n) is 2.90. The van der Waals surface area contributed by atoms with Crippen LogP contribution in [0.2, 0.25) is 5.02 Å². The molecule has 0 spiro atoms. The molecule has 23 heavy (non-hydrogen) atoms. The minimum absolute atomic E-state index is 0.140. The highest BCUT2D eigenvalue weighted by Gasteiger charge is 2.22. The summed E-state index contributed by atoms with van der Waals surface area (Å²) >= 11 is 6.43. The van der Waals surface area contributed by atoms with Crippen molar-refractivity contribution in [2.24, 2.45) is 0 Å². The lowest BCUT2D eigenvalue weighted by Gasteiger charge is -2.17. The quantitative estimate of drug-likeness (QED) is 0.517. The Labute approximate surface area is 139 Å². The molecule has 0 fully saturated rings. The first-order chi connectivity index (χ1) is 11.2. The van der Waals surface area contributed by atoms with Crippen molar-refractivity contribution in [3.8, 4) is 0 Å². The number of fused-ring (bicyclic) bond motifs is 1. The van der Waals surface area contributed by atoms with Crippen LogP contribution < -0.4 is 0 Å². The van der Waals surface area contributed by atoms with Gasteiger partial charge in [0.15, 0.2) is 0 Å². The summed E-state index contributed by atoms with van der Waals surface area (Å²) in [7, 11) is 0. The summed E-state index contributed by atoms with van der Waals surface area (Å²) in [6, 6.07) is 16.0. The SMILES string of the molecule is Cc1ccc2oc(C(c3ccccc3Cl)n3ccnc3)cc2c1. The van der Waals surface area contributed by atoms with E-state index in [1.165, 1.54) is 5.56 Å². The molecule has 4 rings (SSSR count). The molecular weight excluding hydrogens is 308 g/mol. The zero-order chi connectivity index (χ0) is 15.8. The lowest BCUT2D eigenvalue weighted by molar-refractivity contribution is 0.488. The second-order valence-corrected chi connectivity index (χ2v) is 6.03. The van der Waals surface area contributed by atoms with Gasteiger partial charge in [0.25, 0.3) is 0 Å². The molecule has 4 heteroatoms. The van der Waals surface area contributed by atoms with Crippen LogP contribution in [0.4, 0.5) is 0 Å². The van der Waals surface area contributed by atoms with Crippen molar-refractivity contribution in [1.29, 1.82) is 0 Å². The van der Waals surface area contributed by atoms with Crippen molar-refractivity contribution in [1.82, 2.24) is 9.55 Å². The smallest absolute Gasteiger partial charge is 0.134 e. The van der Waals surface area contributed by atoms with Gasteiger partial charge in [-0.05, 0) is 31.2 Å². The van der Waals surface area contributed by atoms with Gasteiger partial charge in [0.05, 0.1) is 6.33 Å². The van der Waals surface area contributed by atoms with E-state index in [-0.39, 0.29) is 6.04 Å². The van der Waals surface area contributed by atoms with E-state index >= 15 is 0 Å². The number of nitrogens with zero attached hydrogens (tertiary/aromatic N) is 2. The fraction of sp³-hybridized carbons (Fsp3) is 0.105. The van der Waals surface area contributed by atoms with E-state index in [0.717, 1.165) is 22.3 Å². The molecule has 1 atom stereocenters. The molecule has 4 aromatic rings. The van der Waals surface area contributed by atoms with Crippen LogP contribution in [0.25, 0.3) is 11.0 Å². The zero-order valence-corrected chi connectivity index (χ0v) is 13.4. The van der Waals surface area contributed by atoms with Gasteiger partial charge in [-0.2, -0.15) is 0 Å². The highest BCUT2D eigenvalue weighted by Crippen LogP contribution is 2.34. The standard InChI is InChI=1S/C19H15ClN2O/c1-13-6-7-17-14(10-13)11-18(23-17)19(22-9-8-21-12-22)15-4-2-3-5-16(15)20/h2-12,19H,1H3. The lowest BCUT2D eigenvalue weighted by Crippen LogP contribution is -2.10. The molecule has 114 valence electrons. The van der Waals surface area contributed by atoms with Crippen molar-refractivity contribution in [2.45, 2.75) is 13.0 Å². The second-order valence-electron chi connectivity index (χ2n) is 5.62. The summed E-state index contributed by atoms with van der Waals surface area (Å²) in [6.07, 6.45) is 5.47. The van der Waals surface area contributed by atoms with E-state index in [2.05, 4.69) is 30.1 Å². The zero-order valence-electron chi connectivity index (χ0n) is 12.6. The fourth-order valence-corrected chi connectivity index (χ4v) is 3.14. The Balaban J connectivity index is 1.92. The number of rotatable bonds is 3. The summed E-state index contributed by atoms with van der Waals surface area (Å²) in [4.78, 5) is 4.17. The predicted octanol–water partition coefficient (Wildman–Crippen LogP) is 5.23. The molecule has 0 aliphatic rings. The number of benzene rings is 2. The molecule has 0 amide bonds. The molecule has 0 saturated carbocycles. The molecule has 2 aromatic carbocycles. The van der Waals surface area contributed by atoms with Gasteiger partial charge in [0, 0.05) is 28.4 Å². The van der Waals surface area contributed by atoms with Gasteiger partial charge in [-0.1, -0.05) is 41.4 Å². The first-order valence-corrected chi connectivity index (χ1v) is 7.82.